The topological polar surface area (TPSA) is 96.2 Å². The number of rotatable bonds is 6. The zero-order valence-electron chi connectivity index (χ0n) is 21.0. The van der Waals surface area contributed by atoms with Gasteiger partial charge in [0.05, 0.1) is 28.2 Å². The minimum Gasteiger partial charge on any atom is -0.389 e. The number of nitrogens with zero attached hydrogens (tertiary/aromatic N) is 5. The molecule has 210 valence electrons. The van der Waals surface area contributed by atoms with Crippen molar-refractivity contribution in [2.24, 2.45) is 5.41 Å². The summed E-state index contributed by atoms with van der Waals surface area (Å²) >= 11 is 0. The maximum absolute atomic E-state index is 13.4. The molecule has 38 heavy (non-hydrogen) atoms. The Balaban J connectivity index is 1.46. The van der Waals surface area contributed by atoms with Crippen LogP contribution in [0, 0.1) is 5.41 Å². The van der Waals surface area contributed by atoms with Crippen molar-refractivity contribution in [3.8, 4) is 0 Å². The van der Waals surface area contributed by atoms with Crippen LogP contribution in [0.15, 0.2) is 24.5 Å². The van der Waals surface area contributed by atoms with Gasteiger partial charge in [0.2, 0.25) is 5.91 Å². The standard InChI is InChI=1S/C24H30F6N6O2/c1-21(2,38)22(6-3-19(12-22)35-7-4-18(5-8-35)36-14-32-33-34-36)20(37)31-13-15-9-16(23(25,26)27)11-17(10-15)24(28,29)30/h9-11,14,18-19,38H,3-8,12-13H2,1-2H3,(H,31,37)/t19-,22-/m1/s1. The van der Waals surface area contributed by atoms with E-state index >= 15 is 0 Å². The molecular weight excluding hydrogens is 518 g/mol. The van der Waals surface area contributed by atoms with E-state index in [-0.39, 0.29) is 23.7 Å². The molecule has 1 aromatic heterocycles. The maximum Gasteiger partial charge on any atom is 0.416 e. The van der Waals surface area contributed by atoms with Crippen molar-refractivity contribution in [2.75, 3.05) is 13.1 Å². The van der Waals surface area contributed by atoms with Crippen molar-refractivity contribution >= 4 is 5.91 Å². The Bertz CT molecular complexity index is 1090. The number of hydrogen-bond acceptors (Lipinski definition) is 6. The second-order valence-electron chi connectivity index (χ2n) is 10.7. The first-order chi connectivity index (χ1) is 17.6. The van der Waals surface area contributed by atoms with Gasteiger partial charge in [-0.3, -0.25) is 4.79 Å². The molecule has 1 amide bonds. The van der Waals surface area contributed by atoms with Gasteiger partial charge in [-0.1, -0.05) is 0 Å². The van der Waals surface area contributed by atoms with Crippen molar-refractivity contribution < 1.29 is 36.2 Å². The maximum atomic E-state index is 13.4. The molecule has 1 aliphatic carbocycles. The monoisotopic (exact) mass is 548 g/mol. The Morgan fingerprint density at radius 2 is 1.63 bits per heavy atom. The Hall–Kier alpha value is -2.74. The summed E-state index contributed by atoms with van der Waals surface area (Å²) in [6.45, 7) is 3.95. The number of benzene rings is 1. The van der Waals surface area contributed by atoms with Gasteiger partial charge < -0.3 is 15.3 Å². The van der Waals surface area contributed by atoms with Crippen LogP contribution in [0.2, 0.25) is 0 Å². The van der Waals surface area contributed by atoms with Gasteiger partial charge in [-0.05, 0) is 80.1 Å². The largest absolute Gasteiger partial charge is 0.416 e. The molecule has 14 heteroatoms. The molecule has 2 N–H and O–H groups in total. The zero-order valence-corrected chi connectivity index (χ0v) is 21.0. The van der Waals surface area contributed by atoms with E-state index in [4.69, 9.17) is 0 Å². The van der Waals surface area contributed by atoms with Crippen LogP contribution in [0.25, 0.3) is 0 Å². The van der Waals surface area contributed by atoms with Crippen LogP contribution in [-0.2, 0) is 23.7 Å². The minimum absolute atomic E-state index is 0.00705. The fraction of sp³-hybridized carbons (Fsp3) is 0.667. The molecular formula is C24H30F6N6O2. The van der Waals surface area contributed by atoms with E-state index in [1.165, 1.54) is 13.8 Å². The number of carbonyl (C=O) groups is 1. The third kappa shape index (κ3) is 5.80. The van der Waals surface area contributed by atoms with Gasteiger partial charge in [0.15, 0.2) is 0 Å². The average Bonchev–Trinajstić information content (AvgIpc) is 3.52. The van der Waals surface area contributed by atoms with Crippen molar-refractivity contribution in [3.05, 3.63) is 41.2 Å². The SMILES string of the molecule is CC(C)(O)[C@]1(C(=O)NCc2cc(C(F)(F)F)cc(C(F)(F)F)c2)CC[C@@H](N2CCC(n3cnnn3)CC2)C1. The van der Waals surface area contributed by atoms with Gasteiger partial charge in [0.1, 0.15) is 6.33 Å². The van der Waals surface area contributed by atoms with Crippen LogP contribution in [-0.4, -0.2) is 60.9 Å². The molecule has 0 bridgehead atoms. The molecule has 4 rings (SSSR count). The number of tetrazole rings is 1. The first-order valence-corrected chi connectivity index (χ1v) is 12.4. The van der Waals surface area contributed by atoms with Crippen molar-refractivity contribution in [3.63, 3.8) is 0 Å². The molecule has 8 nitrogen and oxygen atoms in total. The van der Waals surface area contributed by atoms with Crippen molar-refractivity contribution in [1.29, 1.82) is 0 Å². The Kier molecular flexibility index (Phi) is 7.51. The molecule has 1 saturated heterocycles. The minimum atomic E-state index is -4.98. The highest BCUT2D eigenvalue weighted by atomic mass is 19.4. The summed E-state index contributed by atoms with van der Waals surface area (Å²) < 4.78 is 81.0. The molecule has 0 radical (unpaired) electrons. The summed E-state index contributed by atoms with van der Waals surface area (Å²) in [5, 5.41) is 24.8. The second-order valence-corrected chi connectivity index (χ2v) is 10.7. The molecule has 0 spiro atoms. The lowest BCUT2D eigenvalue weighted by atomic mass is 9.71. The highest BCUT2D eigenvalue weighted by Crippen LogP contribution is 2.49. The van der Waals surface area contributed by atoms with E-state index < -0.39 is 46.9 Å². The van der Waals surface area contributed by atoms with Crippen LogP contribution in [0.5, 0.6) is 0 Å². The first-order valence-electron chi connectivity index (χ1n) is 12.4. The van der Waals surface area contributed by atoms with E-state index in [0.29, 0.717) is 31.4 Å². The third-order valence-corrected chi connectivity index (χ3v) is 7.95. The molecule has 2 aromatic rings. The fourth-order valence-corrected chi connectivity index (χ4v) is 5.69. The Morgan fingerprint density at radius 1 is 1.03 bits per heavy atom. The predicted molar refractivity (Wildman–Crippen MR) is 122 cm³/mol. The van der Waals surface area contributed by atoms with Gasteiger partial charge in [0.25, 0.3) is 0 Å². The van der Waals surface area contributed by atoms with E-state index in [1.807, 2.05) is 0 Å². The Morgan fingerprint density at radius 3 is 2.13 bits per heavy atom. The normalized spacial score (nSPS) is 24.1. The van der Waals surface area contributed by atoms with Crippen LogP contribution in [0.1, 0.15) is 68.7 Å². The average molecular weight is 549 g/mol. The van der Waals surface area contributed by atoms with E-state index in [0.717, 1.165) is 25.9 Å². The number of hydrogen-bond donors (Lipinski definition) is 2. The number of halogens is 6. The third-order valence-electron chi connectivity index (χ3n) is 7.95. The van der Waals surface area contributed by atoms with Gasteiger partial charge in [0, 0.05) is 25.7 Å². The number of aromatic nitrogens is 4. The highest BCUT2D eigenvalue weighted by molar-refractivity contribution is 5.84. The Labute approximate surface area is 215 Å². The van der Waals surface area contributed by atoms with Crippen LogP contribution < -0.4 is 5.32 Å². The highest BCUT2D eigenvalue weighted by Gasteiger charge is 2.55. The summed E-state index contributed by atoms with van der Waals surface area (Å²) in [6.07, 6.45) is -5.52. The smallest absolute Gasteiger partial charge is 0.389 e. The summed E-state index contributed by atoms with van der Waals surface area (Å²) in [6, 6.07) is 1.40. The lowest BCUT2D eigenvalue weighted by Gasteiger charge is -2.41. The second kappa shape index (κ2) is 10.1. The predicted octanol–water partition coefficient (Wildman–Crippen LogP) is 3.97. The molecule has 2 aliphatic rings. The van der Waals surface area contributed by atoms with Crippen molar-refractivity contribution in [2.45, 2.75) is 82.5 Å². The van der Waals surface area contributed by atoms with Gasteiger partial charge >= 0.3 is 12.4 Å². The van der Waals surface area contributed by atoms with Gasteiger partial charge in [-0.15, -0.1) is 5.10 Å². The summed E-state index contributed by atoms with van der Waals surface area (Å²) in [4.78, 5) is 15.7. The molecule has 1 aliphatic heterocycles. The summed E-state index contributed by atoms with van der Waals surface area (Å²) in [5.74, 6) is -0.595. The van der Waals surface area contributed by atoms with Gasteiger partial charge in [-0.25, -0.2) is 4.68 Å². The van der Waals surface area contributed by atoms with Crippen molar-refractivity contribution in [1.82, 2.24) is 30.4 Å². The number of likely N-dealkylation sites (tertiary alicyclic amines) is 1. The number of aliphatic hydroxyl groups is 1. The van der Waals surface area contributed by atoms with Crippen LogP contribution >= 0.6 is 0 Å². The van der Waals surface area contributed by atoms with Crippen LogP contribution in [0.4, 0.5) is 26.3 Å². The molecule has 2 atom stereocenters. The number of alkyl halides is 6. The number of nitrogens with one attached hydrogen (secondary N) is 1. The molecule has 0 unspecified atom stereocenters. The zero-order chi connectivity index (χ0) is 27.9. The van der Waals surface area contributed by atoms with Crippen LogP contribution in [0.3, 0.4) is 0 Å². The quantitative estimate of drug-likeness (QED) is 0.531. The summed E-state index contributed by atoms with van der Waals surface area (Å²) in [7, 11) is 0. The fourth-order valence-electron chi connectivity index (χ4n) is 5.69. The van der Waals surface area contributed by atoms with E-state index in [2.05, 4.69) is 25.7 Å². The summed E-state index contributed by atoms with van der Waals surface area (Å²) in [5.41, 5.74) is -5.94. The lowest BCUT2D eigenvalue weighted by Crippen LogP contribution is -2.53. The molecule has 2 fully saturated rings. The number of amides is 1. The number of carbonyl (C=O) groups excluding carboxylic acids is 1. The number of piperidine rings is 1. The van der Waals surface area contributed by atoms with E-state index in [1.54, 1.807) is 11.0 Å². The molecule has 1 aromatic carbocycles. The first kappa shape index (κ1) is 28.3. The molecule has 2 heterocycles. The van der Waals surface area contributed by atoms with Gasteiger partial charge in [-0.2, -0.15) is 26.3 Å². The molecule has 1 saturated carbocycles. The lowest BCUT2D eigenvalue weighted by molar-refractivity contribution is -0.147. The van der Waals surface area contributed by atoms with E-state index in [9.17, 15) is 36.2 Å².